The van der Waals surface area contributed by atoms with Crippen molar-refractivity contribution in [3.05, 3.63) is 48.0 Å². The summed E-state index contributed by atoms with van der Waals surface area (Å²) in [6, 6.07) is 9.83. The molecule has 0 saturated heterocycles. The van der Waals surface area contributed by atoms with E-state index in [4.69, 9.17) is 10.4 Å². The van der Waals surface area contributed by atoms with Crippen LogP contribution >= 0.6 is 0 Å². The fourth-order valence-corrected chi connectivity index (χ4v) is 1.86. The summed E-state index contributed by atoms with van der Waals surface area (Å²) >= 11 is 0. The van der Waals surface area contributed by atoms with Crippen LogP contribution in [0, 0.1) is 11.3 Å². The van der Waals surface area contributed by atoms with E-state index in [1.54, 1.807) is 0 Å². The lowest BCUT2D eigenvalue weighted by Crippen LogP contribution is -2.24. The molecule has 0 radical (unpaired) electrons. The zero-order valence-electron chi connectivity index (χ0n) is 10.7. The number of nitrogens with zero attached hydrogens (tertiary/aromatic N) is 2. The number of aliphatic hydroxyl groups is 1. The Balaban J connectivity index is 2.58. The van der Waals surface area contributed by atoms with Crippen LogP contribution in [0.2, 0.25) is 0 Å². The minimum atomic E-state index is 0.242. The molecule has 0 heterocycles. The van der Waals surface area contributed by atoms with Gasteiger partial charge in [0.05, 0.1) is 11.6 Å². The molecule has 3 nitrogen and oxygen atoms in total. The smallest absolute Gasteiger partial charge is 0.0991 e. The van der Waals surface area contributed by atoms with Crippen LogP contribution in [0.4, 0.5) is 0 Å². The van der Waals surface area contributed by atoms with E-state index in [2.05, 4.69) is 17.5 Å². The molecule has 3 heteroatoms. The molecule has 0 aliphatic rings. The van der Waals surface area contributed by atoms with Gasteiger partial charge in [-0.2, -0.15) is 5.26 Å². The van der Waals surface area contributed by atoms with Crippen molar-refractivity contribution in [2.24, 2.45) is 0 Å². The monoisotopic (exact) mass is 244 g/mol. The number of rotatable bonds is 8. The highest BCUT2D eigenvalue weighted by Gasteiger charge is 2.04. The molecule has 1 N–H and O–H groups in total. The molecule has 0 aliphatic carbocycles. The molecular weight excluding hydrogens is 224 g/mol. The Morgan fingerprint density at radius 1 is 1.39 bits per heavy atom. The molecule has 0 fully saturated rings. The zero-order chi connectivity index (χ0) is 13.2. The summed E-state index contributed by atoms with van der Waals surface area (Å²) in [7, 11) is 0. The summed E-state index contributed by atoms with van der Waals surface area (Å²) in [4.78, 5) is 2.26. The Hall–Kier alpha value is -1.63. The van der Waals surface area contributed by atoms with E-state index in [9.17, 15) is 0 Å². The van der Waals surface area contributed by atoms with E-state index in [1.165, 1.54) is 0 Å². The van der Waals surface area contributed by atoms with Crippen LogP contribution < -0.4 is 0 Å². The van der Waals surface area contributed by atoms with Gasteiger partial charge in [0.15, 0.2) is 0 Å². The van der Waals surface area contributed by atoms with E-state index < -0.39 is 0 Å². The van der Waals surface area contributed by atoms with Gasteiger partial charge < -0.3 is 5.11 Å². The molecule has 1 aromatic carbocycles. The summed E-state index contributed by atoms with van der Waals surface area (Å²) < 4.78 is 0. The first-order valence-corrected chi connectivity index (χ1v) is 6.23. The fraction of sp³-hybridized carbons (Fsp3) is 0.400. The highest BCUT2D eigenvalue weighted by Crippen LogP contribution is 2.08. The van der Waals surface area contributed by atoms with Crippen LogP contribution in [-0.2, 0) is 6.54 Å². The third-order valence-electron chi connectivity index (χ3n) is 2.73. The number of nitriles is 1. The molecule has 1 aromatic rings. The maximum absolute atomic E-state index is 8.87. The van der Waals surface area contributed by atoms with Crippen LogP contribution in [-0.4, -0.2) is 29.7 Å². The average molecular weight is 244 g/mol. The van der Waals surface area contributed by atoms with E-state index >= 15 is 0 Å². The average Bonchev–Trinajstić information content (AvgIpc) is 2.39. The minimum Gasteiger partial charge on any atom is -0.396 e. The van der Waals surface area contributed by atoms with E-state index in [-0.39, 0.29) is 6.61 Å². The van der Waals surface area contributed by atoms with Gasteiger partial charge in [-0.15, -0.1) is 6.58 Å². The first-order valence-electron chi connectivity index (χ1n) is 6.23. The maximum atomic E-state index is 8.87. The molecule has 0 bridgehead atoms. The van der Waals surface area contributed by atoms with Crippen LogP contribution in [0.1, 0.15) is 24.0 Å². The second-order valence-corrected chi connectivity index (χ2v) is 4.27. The van der Waals surface area contributed by atoms with Gasteiger partial charge >= 0.3 is 0 Å². The lowest BCUT2D eigenvalue weighted by molar-refractivity contribution is 0.250. The summed E-state index contributed by atoms with van der Waals surface area (Å²) in [6.07, 6.45) is 3.68. The number of benzene rings is 1. The third kappa shape index (κ3) is 5.13. The van der Waals surface area contributed by atoms with Crippen molar-refractivity contribution in [1.82, 2.24) is 4.90 Å². The Morgan fingerprint density at radius 2 is 2.22 bits per heavy atom. The Bertz CT molecular complexity index is 409. The van der Waals surface area contributed by atoms with Crippen molar-refractivity contribution >= 4 is 0 Å². The summed E-state index contributed by atoms with van der Waals surface area (Å²) in [6.45, 7) is 6.57. The van der Waals surface area contributed by atoms with Crippen LogP contribution in [0.15, 0.2) is 36.9 Å². The molecule has 0 atom stereocenters. The Kier molecular flexibility index (Phi) is 6.78. The second kappa shape index (κ2) is 8.46. The molecule has 0 amide bonds. The highest BCUT2D eigenvalue weighted by molar-refractivity contribution is 5.32. The standard InChI is InChI=1S/C15H20N2O/c1-2-8-17(9-3-4-10-18)13-15-7-5-6-14(11-15)12-16/h2,5-7,11,18H,1,3-4,8-10,13H2. The van der Waals surface area contributed by atoms with Crippen molar-refractivity contribution in [2.45, 2.75) is 19.4 Å². The number of aliphatic hydroxyl groups excluding tert-OH is 1. The van der Waals surface area contributed by atoms with Gasteiger partial charge in [0, 0.05) is 19.7 Å². The fourth-order valence-electron chi connectivity index (χ4n) is 1.86. The van der Waals surface area contributed by atoms with E-state index in [0.717, 1.165) is 38.0 Å². The zero-order valence-corrected chi connectivity index (χ0v) is 10.7. The van der Waals surface area contributed by atoms with Crippen molar-refractivity contribution < 1.29 is 5.11 Å². The van der Waals surface area contributed by atoms with Gasteiger partial charge in [0.1, 0.15) is 0 Å². The predicted octanol–water partition coefficient (Wildman–Crippen LogP) is 2.32. The molecular formula is C15H20N2O. The summed E-state index contributed by atoms with van der Waals surface area (Å²) in [5, 5.41) is 17.7. The molecule has 0 aliphatic heterocycles. The lowest BCUT2D eigenvalue weighted by atomic mass is 10.1. The largest absolute Gasteiger partial charge is 0.396 e. The lowest BCUT2D eigenvalue weighted by Gasteiger charge is -2.20. The first kappa shape index (κ1) is 14.4. The molecule has 18 heavy (non-hydrogen) atoms. The summed E-state index contributed by atoms with van der Waals surface area (Å²) in [5.41, 5.74) is 1.83. The quantitative estimate of drug-likeness (QED) is 0.564. The molecule has 1 rings (SSSR count). The maximum Gasteiger partial charge on any atom is 0.0991 e. The van der Waals surface area contributed by atoms with Crippen LogP contribution in [0.3, 0.4) is 0 Å². The molecule has 0 unspecified atom stereocenters. The van der Waals surface area contributed by atoms with Crippen LogP contribution in [0.5, 0.6) is 0 Å². The number of hydrogen-bond acceptors (Lipinski definition) is 3. The number of hydrogen-bond donors (Lipinski definition) is 1. The van der Waals surface area contributed by atoms with Crippen molar-refractivity contribution in [2.75, 3.05) is 19.7 Å². The highest BCUT2D eigenvalue weighted by atomic mass is 16.2. The predicted molar refractivity (Wildman–Crippen MR) is 73.0 cm³/mol. The second-order valence-electron chi connectivity index (χ2n) is 4.27. The van der Waals surface area contributed by atoms with Gasteiger partial charge in [-0.25, -0.2) is 0 Å². The van der Waals surface area contributed by atoms with E-state index in [1.807, 2.05) is 30.3 Å². The van der Waals surface area contributed by atoms with Gasteiger partial charge in [0.2, 0.25) is 0 Å². The van der Waals surface area contributed by atoms with Crippen molar-refractivity contribution in [3.63, 3.8) is 0 Å². The van der Waals surface area contributed by atoms with Gasteiger partial charge in [0.25, 0.3) is 0 Å². The minimum absolute atomic E-state index is 0.242. The summed E-state index contributed by atoms with van der Waals surface area (Å²) in [5.74, 6) is 0. The van der Waals surface area contributed by atoms with Crippen molar-refractivity contribution in [1.29, 1.82) is 5.26 Å². The van der Waals surface area contributed by atoms with Gasteiger partial charge in [-0.3, -0.25) is 4.90 Å². The Morgan fingerprint density at radius 3 is 2.89 bits per heavy atom. The van der Waals surface area contributed by atoms with Gasteiger partial charge in [-0.05, 0) is 37.1 Å². The van der Waals surface area contributed by atoms with E-state index in [0.29, 0.717) is 5.56 Å². The SMILES string of the molecule is C=CCN(CCCCO)Cc1cccc(C#N)c1. The molecule has 96 valence electrons. The molecule has 0 aromatic heterocycles. The normalized spacial score (nSPS) is 10.3. The number of unbranched alkanes of at least 4 members (excludes halogenated alkanes) is 1. The van der Waals surface area contributed by atoms with Gasteiger partial charge in [-0.1, -0.05) is 18.2 Å². The first-order chi connectivity index (χ1) is 8.80. The van der Waals surface area contributed by atoms with Crippen LogP contribution in [0.25, 0.3) is 0 Å². The molecule has 0 saturated carbocycles. The third-order valence-corrected chi connectivity index (χ3v) is 2.73. The molecule has 0 spiro atoms. The topological polar surface area (TPSA) is 47.3 Å². The Labute approximate surface area is 109 Å². The van der Waals surface area contributed by atoms with Crippen molar-refractivity contribution in [3.8, 4) is 6.07 Å².